The van der Waals surface area contributed by atoms with E-state index in [0.717, 1.165) is 60.5 Å². The maximum atomic E-state index is 12.7. The van der Waals surface area contributed by atoms with Crippen molar-refractivity contribution in [2.45, 2.75) is 25.4 Å². The summed E-state index contributed by atoms with van der Waals surface area (Å²) in [6.45, 7) is 3.52. The van der Waals surface area contributed by atoms with E-state index in [1.807, 2.05) is 41.1 Å². The number of hydrogen-bond donors (Lipinski definition) is 0. The molecule has 4 aromatic rings. The molecular formula is C25H23N3O2. The quantitative estimate of drug-likeness (QED) is 0.518. The van der Waals surface area contributed by atoms with Gasteiger partial charge in [-0.05, 0) is 36.6 Å². The second-order valence-corrected chi connectivity index (χ2v) is 8.57. The summed E-state index contributed by atoms with van der Waals surface area (Å²) in [7, 11) is 0. The van der Waals surface area contributed by atoms with Crippen LogP contribution in [0.2, 0.25) is 0 Å². The van der Waals surface area contributed by atoms with Gasteiger partial charge in [0.25, 0.3) is 5.56 Å². The number of rotatable bonds is 3. The molecule has 2 bridgehead atoms. The molecule has 0 saturated carbocycles. The van der Waals surface area contributed by atoms with Crippen LogP contribution in [0.25, 0.3) is 22.1 Å². The summed E-state index contributed by atoms with van der Waals surface area (Å²) >= 11 is 0. The molecular weight excluding hydrogens is 374 g/mol. The lowest BCUT2D eigenvalue weighted by Crippen LogP contribution is -2.46. The van der Waals surface area contributed by atoms with Gasteiger partial charge in [0.05, 0.1) is 6.54 Å². The summed E-state index contributed by atoms with van der Waals surface area (Å²) in [5.74, 6) is 1.84. The van der Waals surface area contributed by atoms with Gasteiger partial charge in [0.2, 0.25) is 0 Å². The second kappa shape index (κ2) is 6.96. The minimum atomic E-state index is 0.109. The maximum absolute atomic E-state index is 12.7. The number of nitrogens with zero attached hydrogens (tertiary/aromatic N) is 3. The van der Waals surface area contributed by atoms with E-state index >= 15 is 0 Å². The van der Waals surface area contributed by atoms with E-state index in [1.165, 1.54) is 5.69 Å². The van der Waals surface area contributed by atoms with Crippen molar-refractivity contribution < 1.29 is 4.42 Å². The Labute approximate surface area is 174 Å². The molecule has 150 valence electrons. The van der Waals surface area contributed by atoms with E-state index in [9.17, 15) is 4.79 Å². The predicted octanol–water partition coefficient (Wildman–Crippen LogP) is 4.28. The van der Waals surface area contributed by atoms with Gasteiger partial charge in [-0.25, -0.2) is 0 Å². The van der Waals surface area contributed by atoms with Crippen LogP contribution in [-0.4, -0.2) is 27.5 Å². The van der Waals surface area contributed by atoms with Crippen LogP contribution in [0.3, 0.4) is 0 Å². The zero-order valence-corrected chi connectivity index (χ0v) is 16.7. The third kappa shape index (κ3) is 2.97. The van der Waals surface area contributed by atoms with Gasteiger partial charge in [-0.1, -0.05) is 24.3 Å². The lowest BCUT2D eigenvalue weighted by Gasteiger charge is -2.43. The number of furan rings is 1. The topological polar surface area (TPSA) is 51.3 Å². The molecule has 2 atom stereocenters. The molecule has 0 radical (unpaired) electrons. The van der Waals surface area contributed by atoms with Crippen molar-refractivity contribution in [3.8, 4) is 11.1 Å². The van der Waals surface area contributed by atoms with Gasteiger partial charge in [0.1, 0.15) is 11.3 Å². The average Bonchev–Trinajstić information content (AvgIpc) is 3.17. The fourth-order valence-corrected chi connectivity index (χ4v) is 5.34. The van der Waals surface area contributed by atoms with Gasteiger partial charge < -0.3 is 8.98 Å². The summed E-state index contributed by atoms with van der Waals surface area (Å²) in [6.07, 6.45) is 4.81. The second-order valence-electron chi connectivity index (χ2n) is 8.57. The first kappa shape index (κ1) is 17.7. The molecule has 2 aliphatic heterocycles. The molecule has 0 amide bonds. The molecule has 0 unspecified atom stereocenters. The maximum Gasteiger partial charge on any atom is 0.250 e. The number of hydrogen-bond acceptors (Lipinski definition) is 4. The van der Waals surface area contributed by atoms with E-state index in [2.05, 4.69) is 28.1 Å². The molecule has 0 aliphatic carbocycles. The summed E-state index contributed by atoms with van der Waals surface area (Å²) in [6, 6.07) is 18.0. The summed E-state index contributed by atoms with van der Waals surface area (Å²) in [5, 5.41) is 1.15. The lowest BCUT2D eigenvalue weighted by molar-refractivity contribution is 0.109. The number of aromatic nitrogens is 2. The Hall–Kier alpha value is -3.18. The van der Waals surface area contributed by atoms with E-state index in [1.54, 1.807) is 12.3 Å². The highest BCUT2D eigenvalue weighted by molar-refractivity contribution is 5.77. The van der Waals surface area contributed by atoms with Gasteiger partial charge in [-0.15, -0.1) is 0 Å². The molecule has 2 aliphatic rings. The van der Waals surface area contributed by atoms with Crippen LogP contribution in [0.4, 0.5) is 0 Å². The Kier molecular flexibility index (Phi) is 4.09. The molecule has 5 nitrogen and oxygen atoms in total. The van der Waals surface area contributed by atoms with E-state index in [0.29, 0.717) is 11.8 Å². The van der Waals surface area contributed by atoms with E-state index < -0.39 is 0 Å². The monoisotopic (exact) mass is 397 g/mol. The normalized spacial score (nSPS) is 20.9. The fourth-order valence-electron chi connectivity index (χ4n) is 5.34. The molecule has 1 aromatic carbocycles. The Bertz CT molecular complexity index is 1240. The highest BCUT2D eigenvalue weighted by Gasteiger charge is 2.36. The Morgan fingerprint density at radius 1 is 1.03 bits per heavy atom. The van der Waals surface area contributed by atoms with Crippen molar-refractivity contribution in [3.05, 3.63) is 88.8 Å². The van der Waals surface area contributed by atoms with Crippen LogP contribution in [-0.2, 0) is 13.1 Å². The molecule has 5 heteroatoms. The third-order valence-electron chi connectivity index (χ3n) is 6.49. The number of para-hydroxylation sites is 1. The van der Waals surface area contributed by atoms with Gasteiger partial charge in [-0.3, -0.25) is 14.7 Å². The van der Waals surface area contributed by atoms with Gasteiger partial charge in [0.15, 0.2) is 0 Å². The largest absolute Gasteiger partial charge is 0.460 e. The smallest absolute Gasteiger partial charge is 0.250 e. The molecule has 1 saturated heterocycles. The zero-order valence-electron chi connectivity index (χ0n) is 16.7. The lowest BCUT2D eigenvalue weighted by atomic mass is 9.80. The minimum Gasteiger partial charge on any atom is -0.460 e. The van der Waals surface area contributed by atoms with Crippen molar-refractivity contribution in [3.63, 3.8) is 0 Å². The van der Waals surface area contributed by atoms with Crippen LogP contribution in [0, 0.1) is 5.92 Å². The van der Waals surface area contributed by atoms with Crippen molar-refractivity contribution in [1.29, 1.82) is 0 Å². The van der Waals surface area contributed by atoms with Crippen LogP contribution in [0.1, 0.15) is 23.8 Å². The number of fused-ring (bicyclic) bond motifs is 5. The van der Waals surface area contributed by atoms with Crippen LogP contribution >= 0.6 is 0 Å². The number of pyridine rings is 2. The summed E-state index contributed by atoms with van der Waals surface area (Å²) < 4.78 is 8.08. The molecule has 1 fully saturated rings. The molecule has 6 rings (SSSR count). The number of likely N-dealkylation sites (tertiary alicyclic amines) is 1. The van der Waals surface area contributed by atoms with Crippen LogP contribution in [0.5, 0.6) is 0 Å². The van der Waals surface area contributed by atoms with Crippen molar-refractivity contribution in [2.75, 3.05) is 13.1 Å². The van der Waals surface area contributed by atoms with Crippen LogP contribution < -0.4 is 5.56 Å². The molecule has 0 spiro atoms. The Morgan fingerprint density at radius 2 is 1.97 bits per heavy atom. The summed E-state index contributed by atoms with van der Waals surface area (Å²) in [4.78, 5) is 19.5. The first-order valence-electron chi connectivity index (χ1n) is 10.6. The number of benzene rings is 1. The fraction of sp³-hybridized carbons (Fsp3) is 0.280. The first-order chi connectivity index (χ1) is 14.7. The first-order valence-corrected chi connectivity index (χ1v) is 10.6. The predicted molar refractivity (Wildman–Crippen MR) is 116 cm³/mol. The Morgan fingerprint density at radius 3 is 2.83 bits per heavy atom. The zero-order chi connectivity index (χ0) is 20.1. The number of piperidine rings is 1. The van der Waals surface area contributed by atoms with Crippen molar-refractivity contribution in [1.82, 2.24) is 14.5 Å². The Balaban J connectivity index is 1.34. The van der Waals surface area contributed by atoms with Crippen molar-refractivity contribution >= 4 is 11.0 Å². The van der Waals surface area contributed by atoms with Crippen molar-refractivity contribution in [2.24, 2.45) is 5.92 Å². The van der Waals surface area contributed by atoms with Gasteiger partial charge in [0, 0.05) is 66.2 Å². The SMILES string of the molecule is O=c1ccc(-c2cccnc2)c2n1C[C@@H]1C[C@@H]2CN(Cc2cc3ccccc3o2)C1. The molecule has 3 aromatic heterocycles. The highest BCUT2D eigenvalue weighted by atomic mass is 16.3. The minimum absolute atomic E-state index is 0.109. The van der Waals surface area contributed by atoms with Crippen LogP contribution in [0.15, 0.2) is 76.2 Å². The third-order valence-corrected chi connectivity index (χ3v) is 6.49. The van der Waals surface area contributed by atoms with E-state index in [-0.39, 0.29) is 5.56 Å². The highest BCUT2D eigenvalue weighted by Crippen LogP contribution is 2.40. The van der Waals surface area contributed by atoms with E-state index in [4.69, 9.17) is 4.42 Å². The molecule has 5 heterocycles. The average molecular weight is 397 g/mol. The van der Waals surface area contributed by atoms with Gasteiger partial charge >= 0.3 is 0 Å². The van der Waals surface area contributed by atoms with Gasteiger partial charge in [-0.2, -0.15) is 0 Å². The molecule has 30 heavy (non-hydrogen) atoms. The molecule has 0 N–H and O–H groups in total. The standard InChI is InChI=1S/C25H23N3O2/c29-24-8-7-22(19-5-3-9-26-12-19)25-20-10-17(14-28(24)25)13-27(15-20)16-21-11-18-4-1-2-6-23(18)30-21/h1-9,11-12,17,20H,10,13-16H2/t17-,20-/m1/s1. The summed E-state index contributed by atoms with van der Waals surface area (Å²) in [5.41, 5.74) is 4.44.